The smallest absolute Gasteiger partial charge is 0.279 e. The normalized spacial score (nSPS) is 16.8. The van der Waals surface area contributed by atoms with Crippen LogP contribution < -0.4 is 4.72 Å². The first-order valence-electron chi connectivity index (χ1n) is 8.41. The van der Waals surface area contributed by atoms with E-state index in [1.54, 1.807) is 7.05 Å². The Balaban J connectivity index is 1.98. The summed E-state index contributed by atoms with van der Waals surface area (Å²) in [5, 5.41) is 0. The monoisotopic (exact) mass is 340 g/mol. The van der Waals surface area contributed by atoms with Crippen LogP contribution in [0.2, 0.25) is 0 Å². The molecule has 1 saturated carbocycles. The molecule has 0 aromatic heterocycles. The van der Waals surface area contributed by atoms with Gasteiger partial charge in [-0.05, 0) is 30.9 Å². The first kappa shape index (κ1) is 18.4. The lowest BCUT2D eigenvalue weighted by molar-refractivity contribution is 0.133. The molecule has 0 atom stereocenters. The molecular formula is C17H28N2O3S. The van der Waals surface area contributed by atoms with Crippen molar-refractivity contribution in [2.45, 2.75) is 58.2 Å². The van der Waals surface area contributed by atoms with Gasteiger partial charge in [0.05, 0.1) is 6.61 Å². The van der Waals surface area contributed by atoms with Gasteiger partial charge in [-0.25, -0.2) is 0 Å². The molecule has 0 amide bonds. The van der Waals surface area contributed by atoms with Crippen molar-refractivity contribution in [1.29, 1.82) is 0 Å². The first-order valence-corrected chi connectivity index (χ1v) is 9.85. The molecule has 130 valence electrons. The summed E-state index contributed by atoms with van der Waals surface area (Å²) in [4.78, 5) is 0. The van der Waals surface area contributed by atoms with E-state index in [0.29, 0.717) is 19.8 Å². The van der Waals surface area contributed by atoms with Gasteiger partial charge in [-0.15, -0.1) is 0 Å². The second-order valence-electron chi connectivity index (χ2n) is 6.04. The van der Waals surface area contributed by atoms with Gasteiger partial charge in [0.1, 0.15) is 0 Å². The molecule has 5 nitrogen and oxygen atoms in total. The maximum absolute atomic E-state index is 12.5. The molecule has 0 heterocycles. The molecule has 0 saturated heterocycles. The predicted octanol–water partition coefficient (Wildman–Crippen LogP) is 2.82. The molecule has 1 aromatic rings. The van der Waals surface area contributed by atoms with Gasteiger partial charge in [0.15, 0.2) is 0 Å². The van der Waals surface area contributed by atoms with E-state index in [1.165, 1.54) is 10.7 Å². The highest BCUT2D eigenvalue weighted by atomic mass is 32.2. The number of ether oxygens (including phenoxy) is 1. The zero-order valence-corrected chi connectivity index (χ0v) is 14.9. The van der Waals surface area contributed by atoms with Crippen molar-refractivity contribution in [3.8, 4) is 0 Å². The summed E-state index contributed by atoms with van der Waals surface area (Å²) in [6, 6.07) is 7.91. The van der Waals surface area contributed by atoms with Crippen LogP contribution in [0.1, 0.15) is 50.2 Å². The van der Waals surface area contributed by atoms with E-state index in [2.05, 4.69) is 4.72 Å². The minimum atomic E-state index is -3.45. The second-order valence-corrected chi connectivity index (χ2v) is 7.85. The fourth-order valence-electron chi connectivity index (χ4n) is 2.99. The van der Waals surface area contributed by atoms with Crippen molar-refractivity contribution in [2.24, 2.45) is 0 Å². The summed E-state index contributed by atoms with van der Waals surface area (Å²) in [6.45, 7) is 3.39. The van der Waals surface area contributed by atoms with Gasteiger partial charge >= 0.3 is 0 Å². The molecule has 0 spiro atoms. The van der Waals surface area contributed by atoms with Gasteiger partial charge in [-0.2, -0.15) is 17.4 Å². The zero-order chi connectivity index (χ0) is 16.7. The zero-order valence-electron chi connectivity index (χ0n) is 14.1. The van der Waals surface area contributed by atoms with Crippen LogP contribution in [0.15, 0.2) is 24.3 Å². The first-order chi connectivity index (χ1) is 11.0. The van der Waals surface area contributed by atoms with Crippen LogP contribution in [0.3, 0.4) is 0 Å². The number of hydrogen-bond donors (Lipinski definition) is 1. The van der Waals surface area contributed by atoms with Gasteiger partial charge in [0.2, 0.25) is 0 Å². The van der Waals surface area contributed by atoms with Crippen LogP contribution >= 0.6 is 0 Å². The quantitative estimate of drug-likeness (QED) is 0.792. The van der Waals surface area contributed by atoms with Gasteiger partial charge < -0.3 is 4.74 Å². The SMILES string of the molecule is CCOCc1ccccc1CNS(=O)(=O)N(C)C1CCCCC1. The number of nitrogens with one attached hydrogen (secondary N) is 1. The Kier molecular flexibility index (Phi) is 7.02. The molecule has 0 radical (unpaired) electrons. The van der Waals surface area contributed by atoms with E-state index in [1.807, 2.05) is 31.2 Å². The Hall–Kier alpha value is -0.950. The summed E-state index contributed by atoms with van der Waals surface area (Å²) in [5.74, 6) is 0. The third-order valence-electron chi connectivity index (χ3n) is 4.49. The van der Waals surface area contributed by atoms with E-state index in [9.17, 15) is 8.42 Å². The number of hydrogen-bond acceptors (Lipinski definition) is 3. The molecule has 1 aliphatic rings. The minimum Gasteiger partial charge on any atom is -0.377 e. The summed E-state index contributed by atoms with van der Waals surface area (Å²) < 4.78 is 34.7. The molecule has 0 aliphatic heterocycles. The van der Waals surface area contributed by atoms with Crippen LogP contribution in [-0.4, -0.2) is 32.4 Å². The molecule has 0 unspecified atom stereocenters. The lowest BCUT2D eigenvalue weighted by Crippen LogP contribution is -2.44. The molecule has 1 aromatic carbocycles. The Morgan fingerprint density at radius 2 is 1.83 bits per heavy atom. The van der Waals surface area contributed by atoms with Gasteiger partial charge in [0.25, 0.3) is 10.2 Å². The third kappa shape index (κ3) is 5.28. The highest BCUT2D eigenvalue weighted by molar-refractivity contribution is 7.87. The van der Waals surface area contributed by atoms with Crippen LogP contribution in [0.5, 0.6) is 0 Å². The van der Waals surface area contributed by atoms with E-state index in [4.69, 9.17) is 4.74 Å². The Morgan fingerprint density at radius 1 is 1.17 bits per heavy atom. The molecule has 2 rings (SSSR count). The van der Waals surface area contributed by atoms with Crippen molar-refractivity contribution in [1.82, 2.24) is 9.03 Å². The van der Waals surface area contributed by atoms with Gasteiger partial charge in [0, 0.05) is 26.2 Å². The fraction of sp³-hybridized carbons (Fsp3) is 0.647. The molecule has 6 heteroatoms. The predicted molar refractivity (Wildman–Crippen MR) is 92.2 cm³/mol. The van der Waals surface area contributed by atoms with Crippen molar-refractivity contribution >= 4 is 10.2 Å². The van der Waals surface area contributed by atoms with E-state index < -0.39 is 10.2 Å². The average molecular weight is 340 g/mol. The van der Waals surface area contributed by atoms with E-state index >= 15 is 0 Å². The summed E-state index contributed by atoms with van der Waals surface area (Å²) in [7, 11) is -1.77. The van der Waals surface area contributed by atoms with Crippen LogP contribution in [0, 0.1) is 0 Å². The molecular weight excluding hydrogens is 312 g/mol. The van der Waals surface area contributed by atoms with E-state index in [-0.39, 0.29) is 6.04 Å². The molecule has 23 heavy (non-hydrogen) atoms. The maximum Gasteiger partial charge on any atom is 0.279 e. The second kappa shape index (κ2) is 8.78. The van der Waals surface area contributed by atoms with Crippen molar-refractivity contribution in [3.05, 3.63) is 35.4 Å². The molecule has 1 aliphatic carbocycles. The molecule has 0 bridgehead atoms. The van der Waals surface area contributed by atoms with Crippen molar-refractivity contribution in [3.63, 3.8) is 0 Å². The Morgan fingerprint density at radius 3 is 2.48 bits per heavy atom. The van der Waals surface area contributed by atoms with Crippen LogP contribution in [-0.2, 0) is 28.1 Å². The highest BCUT2D eigenvalue weighted by Gasteiger charge is 2.27. The number of rotatable bonds is 8. The maximum atomic E-state index is 12.5. The molecule has 1 fully saturated rings. The Labute approximate surface area is 140 Å². The van der Waals surface area contributed by atoms with Crippen molar-refractivity contribution in [2.75, 3.05) is 13.7 Å². The number of benzene rings is 1. The van der Waals surface area contributed by atoms with Gasteiger partial charge in [-0.3, -0.25) is 0 Å². The lowest BCUT2D eigenvalue weighted by Gasteiger charge is -2.30. The largest absolute Gasteiger partial charge is 0.377 e. The highest BCUT2D eigenvalue weighted by Crippen LogP contribution is 2.23. The Bertz CT molecular complexity index is 583. The number of nitrogens with zero attached hydrogens (tertiary/aromatic N) is 1. The standard InChI is InChI=1S/C17H28N2O3S/c1-3-22-14-16-10-8-7-9-15(16)13-18-23(20,21)19(2)17-11-5-4-6-12-17/h7-10,17-18H,3-6,11-14H2,1-2H3. The summed E-state index contributed by atoms with van der Waals surface area (Å²) >= 11 is 0. The lowest BCUT2D eigenvalue weighted by atomic mass is 9.96. The van der Waals surface area contributed by atoms with Crippen LogP contribution in [0.4, 0.5) is 0 Å². The minimum absolute atomic E-state index is 0.125. The third-order valence-corrected chi connectivity index (χ3v) is 6.06. The van der Waals surface area contributed by atoms with E-state index in [0.717, 1.165) is 36.8 Å². The molecule has 1 N–H and O–H groups in total. The van der Waals surface area contributed by atoms with Gasteiger partial charge in [-0.1, -0.05) is 43.5 Å². The van der Waals surface area contributed by atoms with Crippen LogP contribution in [0.25, 0.3) is 0 Å². The average Bonchev–Trinajstić information content (AvgIpc) is 2.59. The fourth-order valence-corrected chi connectivity index (χ4v) is 4.14. The summed E-state index contributed by atoms with van der Waals surface area (Å²) in [5.41, 5.74) is 1.99. The topological polar surface area (TPSA) is 58.6 Å². The van der Waals surface area contributed by atoms with Crippen molar-refractivity contribution < 1.29 is 13.2 Å². The summed E-state index contributed by atoms with van der Waals surface area (Å²) in [6.07, 6.45) is 5.35.